The van der Waals surface area contributed by atoms with Crippen LogP contribution in [0.25, 0.3) is 0 Å². The number of fused-ring (bicyclic) bond motifs is 7. The van der Waals surface area contributed by atoms with E-state index in [2.05, 4.69) is 54.5 Å². The van der Waals surface area contributed by atoms with Gasteiger partial charge in [0, 0.05) is 0 Å². The third-order valence-corrected chi connectivity index (χ3v) is 22.7. The lowest BCUT2D eigenvalue weighted by atomic mass is 9.33. The predicted molar refractivity (Wildman–Crippen MR) is 282 cm³/mol. The van der Waals surface area contributed by atoms with Crippen LogP contribution in [-0.4, -0.2) is 251 Å². The summed E-state index contributed by atoms with van der Waals surface area (Å²) in [6.45, 7) is 15.6. The van der Waals surface area contributed by atoms with Crippen LogP contribution >= 0.6 is 0 Å². The van der Waals surface area contributed by atoms with Gasteiger partial charge in [0.1, 0.15) is 104 Å². The fourth-order valence-corrected chi connectivity index (χ4v) is 17.3. The van der Waals surface area contributed by atoms with Gasteiger partial charge in [0.2, 0.25) is 6.29 Å². The highest BCUT2D eigenvalue weighted by molar-refractivity contribution is 5.79. The average molecular weight is 1190 g/mol. The van der Waals surface area contributed by atoms with E-state index in [1.165, 1.54) is 12.5 Å². The molecule has 476 valence electrons. The maximum Gasteiger partial charge on any atom is 0.315 e. The fourth-order valence-electron chi connectivity index (χ4n) is 17.3. The molecule has 0 spiro atoms. The first-order valence-corrected chi connectivity index (χ1v) is 30.0. The van der Waals surface area contributed by atoms with Crippen LogP contribution in [0.15, 0.2) is 11.6 Å². The Hall–Kier alpha value is -1.71. The highest BCUT2D eigenvalue weighted by Crippen LogP contribution is 2.76. The minimum atomic E-state index is -1.84. The lowest BCUT2D eigenvalue weighted by molar-refractivity contribution is -0.378. The molecule has 0 unspecified atom stereocenters. The van der Waals surface area contributed by atoms with Crippen molar-refractivity contribution in [2.75, 3.05) is 26.4 Å². The number of hydrogen-bond acceptors (Lipinski definition) is 25. The van der Waals surface area contributed by atoms with Crippen LogP contribution in [0.1, 0.15) is 120 Å². The van der Waals surface area contributed by atoms with E-state index >= 15 is 4.79 Å². The first-order chi connectivity index (χ1) is 38.8. The zero-order valence-electron chi connectivity index (χ0n) is 48.8. The molecule has 10 rings (SSSR count). The fraction of sp³-hybridized carbons (Fsp3) is 0.948. The summed E-state index contributed by atoms with van der Waals surface area (Å²) in [6.07, 6.45) is -26.8. The summed E-state index contributed by atoms with van der Waals surface area (Å²) in [4.78, 5) is 15.1. The topological polar surface area (TPSA) is 393 Å². The number of rotatable bonds is 12. The molecular weight excluding hydrogens is 1100 g/mol. The minimum absolute atomic E-state index is 0.137. The minimum Gasteiger partial charge on any atom is -0.432 e. The van der Waals surface area contributed by atoms with Gasteiger partial charge in [-0.3, -0.25) is 4.79 Å². The molecule has 0 aromatic heterocycles. The van der Waals surface area contributed by atoms with Crippen molar-refractivity contribution in [2.45, 2.75) is 267 Å². The van der Waals surface area contributed by atoms with E-state index in [4.69, 9.17) is 47.4 Å². The SMILES string of the molecule is C[C@@H]1O[C@@H](O[C@H]2[C@H](O[C@H]3CC[C@]4(C)[C@H]5CC=C6[C@@H]7CC(C)(C)CC[C@]7(C(=O)O[C@@H]7O[C@H](CO[C@@H]8O[C@H](CO)[C@@H](O)[C@H](O)[C@H]8O)[C@@H](O)[C@H](O)[C@H]7O)CC[C@@]6(C)[C@]5(C)CC[C@H]4C3(C)C)OC[C@@H](O)[C@@H]2O)[C@H](O)[C@H](O[C@@H]2OC[C@@H](O)[C@H](O)[C@H]2O)[C@H]1O. The zero-order chi connectivity index (χ0) is 60.4. The first-order valence-electron chi connectivity index (χ1n) is 30.0. The normalized spacial score (nSPS) is 54.2. The van der Waals surface area contributed by atoms with Crippen LogP contribution in [-0.2, 0) is 52.2 Å². The van der Waals surface area contributed by atoms with Gasteiger partial charge in [-0.15, -0.1) is 0 Å². The molecular formula is C58H94O25. The summed E-state index contributed by atoms with van der Waals surface area (Å²) >= 11 is 0. The van der Waals surface area contributed by atoms with E-state index in [-0.39, 0.29) is 52.6 Å². The van der Waals surface area contributed by atoms with Gasteiger partial charge in [-0.25, -0.2) is 0 Å². The number of aliphatic hydroxyl groups excluding tert-OH is 14. The standard InChI is InChI=1S/C58H94O25/c1-24-34(62)45(81-48-41(69)35(63)27(60)21-74-48)44(72)50(77-24)82-46-36(64)28(61)22-75-51(46)80-33-12-13-55(6)31(54(33,4)5)11-14-57(8)32(55)10-9-25-26-19-53(2,3)15-17-58(26,18-16-56(25,57)7)52(73)83-49-43(71)40(68)38(66)30(79-49)23-76-47-42(70)39(67)37(65)29(20-59)78-47/h9,24,26-51,59-72H,10-23H2,1-8H3/t24-,26-,27+,28+,29+,30+,31-,32+,33-,34-,35-,36-,37+,38+,39-,40-,41+,42+,43+,44+,45+,46+,47+,48-,49-,50-,51-,55-,56+,57+,58-/m0/s1. The second-order valence-electron chi connectivity index (χ2n) is 28.2. The van der Waals surface area contributed by atoms with Gasteiger partial charge in [0.15, 0.2) is 25.2 Å². The molecule has 5 aliphatic heterocycles. The van der Waals surface area contributed by atoms with E-state index in [9.17, 15) is 71.5 Å². The van der Waals surface area contributed by atoms with Gasteiger partial charge in [-0.1, -0.05) is 60.1 Å². The van der Waals surface area contributed by atoms with Crippen LogP contribution < -0.4 is 0 Å². The monoisotopic (exact) mass is 1190 g/mol. The van der Waals surface area contributed by atoms with Gasteiger partial charge in [-0.2, -0.15) is 0 Å². The molecule has 31 atom stereocenters. The predicted octanol–water partition coefficient (Wildman–Crippen LogP) is -1.91. The number of carbonyl (C=O) groups is 1. The van der Waals surface area contributed by atoms with Crippen LogP contribution in [0.5, 0.6) is 0 Å². The van der Waals surface area contributed by atoms with Crippen LogP contribution in [0.3, 0.4) is 0 Å². The third kappa shape index (κ3) is 10.9. The summed E-state index contributed by atoms with van der Waals surface area (Å²) in [5.74, 6) is -0.468. The molecule has 5 saturated heterocycles. The summed E-state index contributed by atoms with van der Waals surface area (Å²) in [6, 6.07) is 0. The van der Waals surface area contributed by atoms with E-state index in [1.54, 1.807) is 0 Å². The van der Waals surface area contributed by atoms with Gasteiger partial charge >= 0.3 is 5.97 Å². The quantitative estimate of drug-likeness (QED) is 0.0576. The Morgan fingerprint density at radius 2 is 1.17 bits per heavy atom. The van der Waals surface area contributed by atoms with Crippen molar-refractivity contribution in [3.63, 3.8) is 0 Å². The zero-order valence-corrected chi connectivity index (χ0v) is 48.8. The number of ether oxygens (including phenoxy) is 10. The number of esters is 1. The Balaban J connectivity index is 0.840. The van der Waals surface area contributed by atoms with Gasteiger partial charge in [0.25, 0.3) is 0 Å². The van der Waals surface area contributed by atoms with Crippen LogP contribution in [0, 0.1) is 50.2 Å². The van der Waals surface area contributed by atoms with E-state index in [0.29, 0.717) is 32.1 Å². The lowest BCUT2D eigenvalue weighted by Crippen LogP contribution is -2.66. The van der Waals surface area contributed by atoms with E-state index < -0.39 is 177 Å². The molecule has 0 amide bonds. The molecule has 5 aliphatic carbocycles. The van der Waals surface area contributed by atoms with Crippen molar-refractivity contribution in [3.8, 4) is 0 Å². The van der Waals surface area contributed by atoms with E-state index in [0.717, 1.165) is 32.1 Å². The molecule has 9 fully saturated rings. The van der Waals surface area contributed by atoms with Crippen molar-refractivity contribution >= 4 is 5.97 Å². The third-order valence-electron chi connectivity index (χ3n) is 22.7. The van der Waals surface area contributed by atoms with Crippen LogP contribution in [0.4, 0.5) is 0 Å². The van der Waals surface area contributed by atoms with Crippen molar-refractivity contribution in [2.24, 2.45) is 50.2 Å². The average Bonchev–Trinajstić information content (AvgIpc) is 3.63. The molecule has 0 bridgehead atoms. The summed E-state index contributed by atoms with van der Waals surface area (Å²) < 4.78 is 59.6. The molecule has 25 nitrogen and oxygen atoms in total. The maximum atomic E-state index is 15.1. The Morgan fingerprint density at radius 3 is 1.86 bits per heavy atom. The van der Waals surface area contributed by atoms with Crippen molar-refractivity contribution in [1.29, 1.82) is 0 Å². The van der Waals surface area contributed by atoms with Crippen molar-refractivity contribution < 1.29 is 124 Å². The first kappa shape index (κ1) is 64.3. The molecule has 0 aromatic carbocycles. The molecule has 14 N–H and O–H groups in total. The number of carbonyl (C=O) groups excluding carboxylic acids is 1. The van der Waals surface area contributed by atoms with Gasteiger partial charge in [0.05, 0.1) is 44.1 Å². The molecule has 25 heteroatoms. The summed E-state index contributed by atoms with van der Waals surface area (Å²) in [5, 5.41) is 150. The summed E-state index contributed by atoms with van der Waals surface area (Å²) in [7, 11) is 0. The van der Waals surface area contributed by atoms with Crippen LogP contribution in [0.2, 0.25) is 0 Å². The number of hydrogen-bond donors (Lipinski definition) is 14. The highest BCUT2D eigenvalue weighted by Gasteiger charge is 2.70. The highest BCUT2D eigenvalue weighted by atomic mass is 16.8. The Labute approximate surface area is 483 Å². The maximum absolute atomic E-state index is 15.1. The Bertz CT molecular complexity index is 2310. The second-order valence-corrected chi connectivity index (χ2v) is 28.2. The molecule has 4 saturated carbocycles. The molecule has 83 heavy (non-hydrogen) atoms. The summed E-state index contributed by atoms with van der Waals surface area (Å²) in [5.41, 5.74) is -1.17. The largest absolute Gasteiger partial charge is 0.432 e. The molecule has 0 radical (unpaired) electrons. The van der Waals surface area contributed by atoms with Gasteiger partial charge < -0.3 is 119 Å². The molecule has 5 heterocycles. The molecule has 0 aromatic rings. The van der Waals surface area contributed by atoms with Gasteiger partial charge in [-0.05, 0) is 116 Å². The Morgan fingerprint density at radius 1 is 0.566 bits per heavy atom. The smallest absolute Gasteiger partial charge is 0.315 e. The lowest BCUT2D eigenvalue weighted by Gasteiger charge is -2.71. The second kappa shape index (κ2) is 23.6. The van der Waals surface area contributed by atoms with Crippen molar-refractivity contribution in [1.82, 2.24) is 0 Å². The van der Waals surface area contributed by atoms with Crippen molar-refractivity contribution in [3.05, 3.63) is 11.6 Å². The number of allylic oxidation sites excluding steroid dienone is 2. The molecule has 10 aliphatic rings. The van der Waals surface area contributed by atoms with E-state index in [1.807, 2.05) is 0 Å². The number of aliphatic hydroxyl groups is 14. The Kier molecular flexibility index (Phi) is 18.3.